The maximum Gasteiger partial charge on any atom is 0.274 e. The van der Waals surface area contributed by atoms with Gasteiger partial charge in [0.1, 0.15) is 11.5 Å². The van der Waals surface area contributed by atoms with Crippen molar-refractivity contribution in [1.82, 2.24) is 15.3 Å². The summed E-state index contributed by atoms with van der Waals surface area (Å²) in [4.78, 5) is 21.1. The summed E-state index contributed by atoms with van der Waals surface area (Å²) in [6.07, 6.45) is 6.03. The van der Waals surface area contributed by atoms with E-state index in [2.05, 4.69) is 39.6 Å². The predicted octanol–water partition coefficient (Wildman–Crippen LogP) is 1.29. The SMILES string of the molecule is COc1ccc(CCC[N+]2(CCCc3ccc(OC)cc3)CCCC(NC(=O)c3nc(Cl)c(N)nc3N)C2)cc1.[Cl-]. The number of carbonyl (C=O) groups excluding carboxylic acids is 1. The minimum atomic E-state index is -0.367. The second-order valence-corrected chi connectivity index (χ2v) is 10.9. The number of ether oxygens (including phenoxy) is 2. The molecule has 2 aromatic carbocycles. The Hall–Kier alpha value is -3.27. The number of nitrogen functional groups attached to an aromatic ring is 2. The highest BCUT2D eigenvalue weighted by molar-refractivity contribution is 6.31. The van der Waals surface area contributed by atoms with Gasteiger partial charge in [-0.25, -0.2) is 9.97 Å². The van der Waals surface area contributed by atoms with Crippen LogP contribution >= 0.6 is 11.6 Å². The molecule has 0 bridgehead atoms. The highest BCUT2D eigenvalue weighted by Gasteiger charge is 2.35. The van der Waals surface area contributed by atoms with Crippen molar-refractivity contribution >= 4 is 29.1 Å². The summed E-state index contributed by atoms with van der Waals surface area (Å²) in [6.45, 7) is 4.02. The number of aromatic nitrogens is 2. The lowest BCUT2D eigenvalue weighted by atomic mass is 9.99. The number of quaternary nitrogens is 1. The maximum absolute atomic E-state index is 13.1. The lowest BCUT2D eigenvalue weighted by molar-refractivity contribution is -0.933. The van der Waals surface area contributed by atoms with Gasteiger partial charge in [0.05, 0.1) is 46.4 Å². The minimum absolute atomic E-state index is 0. The van der Waals surface area contributed by atoms with Crippen LogP contribution in [-0.2, 0) is 12.8 Å². The van der Waals surface area contributed by atoms with Gasteiger partial charge in [-0.05, 0) is 61.1 Å². The molecule has 222 valence electrons. The molecule has 0 radical (unpaired) electrons. The molecular weight excluding hydrogens is 563 g/mol. The summed E-state index contributed by atoms with van der Waals surface area (Å²) < 4.78 is 11.6. The van der Waals surface area contributed by atoms with Crippen LogP contribution in [0.1, 0.15) is 47.3 Å². The fraction of sp³-hybridized carbons (Fsp3) is 0.433. The Balaban J connectivity index is 0.00000462. The van der Waals surface area contributed by atoms with Gasteiger partial charge in [-0.1, -0.05) is 35.9 Å². The van der Waals surface area contributed by atoms with E-state index in [0.717, 1.165) is 80.7 Å². The molecule has 11 heteroatoms. The lowest BCUT2D eigenvalue weighted by Gasteiger charge is -2.45. The van der Waals surface area contributed by atoms with Crippen LogP contribution < -0.4 is 38.7 Å². The molecule has 1 atom stereocenters. The number of nitrogens with one attached hydrogen (secondary N) is 1. The summed E-state index contributed by atoms with van der Waals surface area (Å²) in [5.74, 6) is 1.36. The smallest absolute Gasteiger partial charge is 0.274 e. The molecular formula is C30H40Cl2N6O3. The number of rotatable bonds is 12. The Morgan fingerprint density at radius 3 is 1.98 bits per heavy atom. The molecule has 9 nitrogen and oxygen atoms in total. The first-order valence-corrected chi connectivity index (χ1v) is 14.2. The minimum Gasteiger partial charge on any atom is -1.00 e. The Morgan fingerprint density at radius 2 is 1.46 bits per heavy atom. The molecule has 3 aromatic rings. The third-order valence-electron chi connectivity index (χ3n) is 7.76. The molecule has 1 aromatic heterocycles. The van der Waals surface area contributed by atoms with Crippen molar-refractivity contribution in [2.45, 2.75) is 44.6 Å². The molecule has 1 amide bonds. The van der Waals surface area contributed by atoms with Crippen LogP contribution in [0.4, 0.5) is 11.6 Å². The van der Waals surface area contributed by atoms with E-state index in [9.17, 15) is 4.79 Å². The van der Waals surface area contributed by atoms with E-state index in [4.69, 9.17) is 32.5 Å². The quantitative estimate of drug-likeness (QED) is 0.267. The summed E-state index contributed by atoms with van der Waals surface area (Å²) in [5, 5.41) is 3.13. The van der Waals surface area contributed by atoms with Gasteiger partial charge >= 0.3 is 0 Å². The van der Waals surface area contributed by atoms with Crippen molar-refractivity contribution in [3.8, 4) is 11.5 Å². The van der Waals surface area contributed by atoms with Crippen LogP contribution in [0, 0.1) is 0 Å². The van der Waals surface area contributed by atoms with Crippen LogP contribution in [-0.4, -0.2) is 66.8 Å². The average molecular weight is 604 g/mol. The average Bonchev–Trinajstić information content (AvgIpc) is 2.96. The first kappa shape index (κ1) is 32.2. The molecule has 0 aliphatic carbocycles. The Morgan fingerprint density at radius 1 is 0.927 bits per heavy atom. The summed E-state index contributed by atoms with van der Waals surface area (Å²) in [7, 11) is 3.37. The molecule has 1 fully saturated rings. The number of benzene rings is 2. The Labute approximate surface area is 253 Å². The Kier molecular flexibility index (Phi) is 11.9. The summed E-state index contributed by atoms with van der Waals surface area (Å²) in [5.41, 5.74) is 14.2. The van der Waals surface area contributed by atoms with Crippen molar-refractivity contribution in [1.29, 1.82) is 0 Å². The molecule has 0 saturated carbocycles. The lowest BCUT2D eigenvalue weighted by Crippen LogP contribution is -3.00. The number of nitrogens with zero attached hydrogens (tertiary/aromatic N) is 3. The molecule has 1 saturated heterocycles. The van der Waals surface area contributed by atoms with Crippen molar-refractivity contribution in [2.24, 2.45) is 0 Å². The number of hydrogen-bond acceptors (Lipinski definition) is 7. The fourth-order valence-electron chi connectivity index (χ4n) is 5.64. The number of anilines is 2. The van der Waals surface area contributed by atoms with Crippen LogP contribution in [0.3, 0.4) is 0 Å². The van der Waals surface area contributed by atoms with Crippen LogP contribution in [0.2, 0.25) is 5.15 Å². The van der Waals surface area contributed by atoms with Crippen molar-refractivity contribution < 1.29 is 31.2 Å². The van der Waals surface area contributed by atoms with Crippen molar-refractivity contribution in [3.05, 3.63) is 70.5 Å². The Bertz CT molecular complexity index is 1220. The molecule has 1 unspecified atom stereocenters. The molecule has 4 rings (SSSR count). The number of likely N-dealkylation sites (tertiary alicyclic amines) is 1. The molecule has 41 heavy (non-hydrogen) atoms. The number of carbonyl (C=O) groups is 1. The van der Waals surface area contributed by atoms with Crippen molar-refractivity contribution in [2.75, 3.05) is 51.9 Å². The van der Waals surface area contributed by atoms with E-state index in [0.29, 0.717) is 0 Å². The highest BCUT2D eigenvalue weighted by atomic mass is 35.5. The van der Waals surface area contributed by atoms with E-state index in [-0.39, 0.29) is 46.8 Å². The van der Waals surface area contributed by atoms with Gasteiger partial charge in [-0.3, -0.25) is 4.79 Å². The van der Waals surface area contributed by atoms with Crippen molar-refractivity contribution in [3.63, 3.8) is 0 Å². The zero-order valence-corrected chi connectivity index (χ0v) is 25.3. The van der Waals surface area contributed by atoms with E-state index in [1.54, 1.807) is 14.2 Å². The van der Waals surface area contributed by atoms with Gasteiger partial charge in [0.2, 0.25) is 0 Å². The van der Waals surface area contributed by atoms with Crippen LogP contribution in [0.25, 0.3) is 0 Å². The fourth-order valence-corrected chi connectivity index (χ4v) is 5.77. The van der Waals surface area contributed by atoms with Gasteiger partial charge in [0, 0.05) is 12.8 Å². The predicted molar refractivity (Wildman–Crippen MR) is 159 cm³/mol. The normalized spacial score (nSPS) is 15.9. The standard InChI is InChI=1S/C30H39ClN6O3.ClH/c1-39-24-13-9-21(10-14-24)6-3-17-37(18-4-7-22-11-15-25(40-2)16-12-22)19-5-8-23(20-37)34-30(38)26-28(32)36-29(33)27(31)35-26;/h9-16,23H,3-8,17-20H2,1-2H3,(H4-,32,33,34,36,38);1H. The topological polar surface area (TPSA) is 125 Å². The number of piperidine rings is 1. The molecule has 5 N–H and O–H groups in total. The maximum atomic E-state index is 13.1. The largest absolute Gasteiger partial charge is 1.00 e. The van der Waals surface area contributed by atoms with Gasteiger partial charge in [-0.2, -0.15) is 0 Å². The third-order valence-corrected chi connectivity index (χ3v) is 8.04. The number of amides is 1. The molecule has 2 heterocycles. The van der Waals surface area contributed by atoms with E-state index >= 15 is 0 Å². The molecule has 1 aliphatic rings. The van der Waals surface area contributed by atoms with E-state index in [1.165, 1.54) is 11.1 Å². The highest BCUT2D eigenvalue weighted by Crippen LogP contribution is 2.24. The van der Waals surface area contributed by atoms with Crippen LogP contribution in [0.5, 0.6) is 11.5 Å². The zero-order valence-electron chi connectivity index (χ0n) is 23.7. The zero-order chi connectivity index (χ0) is 28.5. The van der Waals surface area contributed by atoms with Crippen LogP contribution in [0.15, 0.2) is 48.5 Å². The molecule has 0 spiro atoms. The van der Waals surface area contributed by atoms with E-state index < -0.39 is 0 Å². The second-order valence-electron chi connectivity index (χ2n) is 10.5. The first-order chi connectivity index (χ1) is 19.3. The number of halogens is 2. The van der Waals surface area contributed by atoms with Gasteiger partial charge in [-0.15, -0.1) is 0 Å². The number of nitrogens with two attached hydrogens (primary N) is 2. The molecule has 1 aliphatic heterocycles. The van der Waals surface area contributed by atoms with Gasteiger partial charge in [0.25, 0.3) is 5.91 Å². The number of methoxy groups -OCH3 is 2. The van der Waals surface area contributed by atoms with E-state index in [1.807, 2.05) is 24.3 Å². The number of aryl methyl sites for hydroxylation is 2. The summed E-state index contributed by atoms with van der Waals surface area (Å²) >= 11 is 6.02. The first-order valence-electron chi connectivity index (χ1n) is 13.8. The number of hydrogen-bond donors (Lipinski definition) is 3. The van der Waals surface area contributed by atoms with Gasteiger partial charge < -0.3 is 43.1 Å². The van der Waals surface area contributed by atoms with Gasteiger partial charge in [0.15, 0.2) is 22.5 Å². The second kappa shape index (κ2) is 15.1. The summed E-state index contributed by atoms with van der Waals surface area (Å²) in [6, 6.07) is 16.6. The third kappa shape index (κ3) is 8.86. The monoisotopic (exact) mass is 602 g/mol.